The highest BCUT2D eigenvalue weighted by Gasteiger charge is 2.46. The third-order valence-electron chi connectivity index (χ3n) is 12.6. The highest BCUT2D eigenvalue weighted by Crippen LogP contribution is 2.46. The number of nitrogens with zero attached hydrogens (tertiary/aromatic N) is 4. The number of fused-ring (bicyclic) bond motifs is 8. The van der Waals surface area contributed by atoms with Crippen molar-refractivity contribution in [1.82, 2.24) is 19.8 Å². The smallest absolute Gasteiger partial charge is 0.253 e. The zero-order valence-electron chi connectivity index (χ0n) is 28.4. The molecule has 8 heteroatoms. The Hall–Kier alpha value is -4.66. The molecule has 0 radical (unpaired) electrons. The van der Waals surface area contributed by atoms with Crippen LogP contribution in [-0.4, -0.2) is 58.0 Å². The minimum absolute atomic E-state index is 0.156. The van der Waals surface area contributed by atoms with Crippen LogP contribution in [0.3, 0.4) is 0 Å². The highest BCUT2D eigenvalue weighted by molar-refractivity contribution is 5.85. The van der Waals surface area contributed by atoms with Gasteiger partial charge in [0.15, 0.2) is 0 Å². The number of hydrogen-bond acceptors (Lipinski definition) is 8. The lowest BCUT2D eigenvalue weighted by molar-refractivity contribution is 0.0102. The molecule has 50 heavy (non-hydrogen) atoms. The SMILES string of the molecule is C=CC1CN2CCC1C[C@@H]2C(Nc1c(NC(c2ccnc3ccccc23)[C@H]2CC3CCN2CC3C=C)c(=O)c1=O)c1ccnc2ccccc12. The van der Waals surface area contributed by atoms with Crippen LogP contribution in [0.1, 0.15) is 48.9 Å². The number of hydrogen-bond donors (Lipinski definition) is 2. The van der Waals surface area contributed by atoms with E-state index in [2.05, 4.69) is 80.0 Å². The molecular weight excluding hydrogens is 621 g/mol. The predicted molar refractivity (Wildman–Crippen MR) is 201 cm³/mol. The summed E-state index contributed by atoms with van der Waals surface area (Å²) in [6.45, 7) is 12.2. The van der Waals surface area contributed by atoms with Gasteiger partial charge < -0.3 is 10.6 Å². The fraction of sp³-hybridized carbons (Fsp3) is 0.381. The van der Waals surface area contributed by atoms with Crippen molar-refractivity contribution in [3.63, 3.8) is 0 Å². The van der Waals surface area contributed by atoms with E-state index in [-0.39, 0.29) is 24.2 Å². The standard InChI is InChI=1S/C42H44N6O2/c1-3-25-23-47-19-15-27(25)21-35(47)37(31-13-17-43-33-11-7-5-9-29(31)33)45-39-40(42(50)41(39)49)46-38(32-14-18-44-34-12-8-6-10-30(32)34)36-22-28-16-20-48(36)24-26(28)4-2/h3-14,17-18,25-28,35-38,45-46H,1-2,15-16,19-24H2/t25?,26?,27?,28?,35-,36-,37?,38?/m1/s1. The molecule has 0 saturated carbocycles. The second kappa shape index (κ2) is 12.6. The van der Waals surface area contributed by atoms with E-state index in [1.54, 1.807) is 0 Å². The van der Waals surface area contributed by atoms with Crippen LogP contribution in [0.15, 0.2) is 108 Å². The van der Waals surface area contributed by atoms with Gasteiger partial charge in [-0.1, -0.05) is 48.6 Å². The summed E-state index contributed by atoms with van der Waals surface area (Å²) in [5.74, 6) is 2.03. The molecule has 0 amide bonds. The maximum atomic E-state index is 13.7. The van der Waals surface area contributed by atoms with E-state index in [9.17, 15) is 9.59 Å². The summed E-state index contributed by atoms with van der Waals surface area (Å²) >= 11 is 0. The Kier molecular flexibility index (Phi) is 7.89. The molecule has 8 heterocycles. The summed E-state index contributed by atoms with van der Waals surface area (Å²) in [4.78, 5) is 41.8. The summed E-state index contributed by atoms with van der Waals surface area (Å²) in [5.41, 5.74) is 3.93. The van der Waals surface area contributed by atoms with Crippen LogP contribution in [0.5, 0.6) is 0 Å². The van der Waals surface area contributed by atoms with Crippen molar-refractivity contribution in [1.29, 1.82) is 0 Å². The molecule has 254 valence electrons. The van der Waals surface area contributed by atoms with Gasteiger partial charge in [-0.25, -0.2) is 0 Å². The molecular formula is C42H44N6O2. The normalized spacial score (nSPS) is 29.9. The zero-order chi connectivity index (χ0) is 33.9. The first-order valence-corrected chi connectivity index (χ1v) is 18.3. The molecule has 0 aliphatic carbocycles. The molecule has 11 rings (SSSR count). The number of aromatic nitrogens is 2. The van der Waals surface area contributed by atoms with Gasteiger partial charge in [-0.2, -0.15) is 0 Å². The van der Waals surface area contributed by atoms with Gasteiger partial charge in [-0.15, -0.1) is 13.2 Å². The molecule has 8 nitrogen and oxygen atoms in total. The maximum Gasteiger partial charge on any atom is 0.253 e. The first-order chi connectivity index (χ1) is 24.5. The van der Waals surface area contributed by atoms with Crippen molar-refractivity contribution in [2.75, 3.05) is 36.8 Å². The molecule has 8 unspecified atom stereocenters. The molecule has 6 saturated heterocycles. The summed E-state index contributed by atoms with van der Waals surface area (Å²) in [6, 6.07) is 20.5. The third-order valence-corrected chi connectivity index (χ3v) is 12.6. The molecule has 10 atom stereocenters. The van der Waals surface area contributed by atoms with Crippen LogP contribution < -0.4 is 21.5 Å². The van der Waals surface area contributed by atoms with Gasteiger partial charge in [0, 0.05) is 48.3 Å². The van der Waals surface area contributed by atoms with Crippen molar-refractivity contribution >= 4 is 33.2 Å². The lowest BCUT2D eigenvalue weighted by Gasteiger charge is -2.52. The lowest BCUT2D eigenvalue weighted by Crippen LogP contribution is -2.57. The fourth-order valence-corrected chi connectivity index (χ4v) is 9.97. The Morgan fingerprint density at radius 1 is 0.660 bits per heavy atom. The van der Waals surface area contributed by atoms with Crippen molar-refractivity contribution in [3.05, 3.63) is 130 Å². The number of anilines is 2. The van der Waals surface area contributed by atoms with E-state index < -0.39 is 10.9 Å². The molecule has 6 aliphatic rings. The van der Waals surface area contributed by atoms with Gasteiger partial charge in [0.1, 0.15) is 11.4 Å². The Morgan fingerprint density at radius 2 is 1.10 bits per heavy atom. The molecule has 4 bridgehead atoms. The molecule has 6 aliphatic heterocycles. The monoisotopic (exact) mass is 664 g/mol. The summed E-state index contributed by atoms with van der Waals surface area (Å²) < 4.78 is 0. The van der Waals surface area contributed by atoms with Gasteiger partial charge in [0.2, 0.25) is 0 Å². The van der Waals surface area contributed by atoms with Crippen molar-refractivity contribution < 1.29 is 0 Å². The van der Waals surface area contributed by atoms with Crippen LogP contribution in [0, 0.1) is 23.7 Å². The van der Waals surface area contributed by atoms with E-state index in [1.807, 2.05) is 48.8 Å². The molecule has 2 N–H and O–H groups in total. The minimum atomic E-state index is -0.452. The first kappa shape index (κ1) is 31.3. The summed E-state index contributed by atoms with van der Waals surface area (Å²) in [5, 5.41) is 9.60. The average molecular weight is 665 g/mol. The van der Waals surface area contributed by atoms with Gasteiger partial charge in [0.25, 0.3) is 10.9 Å². The highest BCUT2D eigenvalue weighted by atomic mass is 16.2. The van der Waals surface area contributed by atoms with Crippen molar-refractivity contribution in [2.45, 2.75) is 49.9 Å². The van der Waals surface area contributed by atoms with Crippen molar-refractivity contribution in [2.24, 2.45) is 23.7 Å². The number of nitrogens with one attached hydrogen (secondary N) is 2. The van der Waals surface area contributed by atoms with Gasteiger partial charge in [-0.3, -0.25) is 29.4 Å². The first-order valence-electron chi connectivity index (χ1n) is 18.3. The summed E-state index contributed by atoms with van der Waals surface area (Å²) in [6.07, 6.45) is 12.3. The van der Waals surface area contributed by atoms with E-state index >= 15 is 0 Å². The van der Waals surface area contributed by atoms with Gasteiger partial charge >= 0.3 is 0 Å². The van der Waals surface area contributed by atoms with E-state index in [0.717, 1.165) is 84.8 Å². The Labute approximate surface area is 292 Å². The maximum absolute atomic E-state index is 13.7. The quantitative estimate of drug-likeness (QED) is 0.130. The van der Waals surface area contributed by atoms with Crippen LogP contribution >= 0.6 is 0 Å². The van der Waals surface area contributed by atoms with E-state index in [1.165, 1.54) is 0 Å². The Morgan fingerprint density at radius 3 is 1.50 bits per heavy atom. The number of pyridine rings is 2. The number of benzene rings is 2. The second-order valence-electron chi connectivity index (χ2n) is 15.0. The second-order valence-corrected chi connectivity index (χ2v) is 15.0. The van der Waals surface area contributed by atoms with Crippen LogP contribution in [0.2, 0.25) is 0 Å². The number of rotatable bonds is 10. The largest absolute Gasteiger partial charge is 0.372 e. The van der Waals surface area contributed by atoms with E-state index in [0.29, 0.717) is 35.0 Å². The zero-order valence-corrected chi connectivity index (χ0v) is 28.4. The van der Waals surface area contributed by atoms with Gasteiger partial charge in [0.05, 0.1) is 23.1 Å². The summed E-state index contributed by atoms with van der Waals surface area (Å²) in [7, 11) is 0. The Bertz CT molecular complexity index is 2010. The minimum Gasteiger partial charge on any atom is -0.372 e. The van der Waals surface area contributed by atoms with Gasteiger partial charge in [-0.05, 0) is 97.8 Å². The van der Waals surface area contributed by atoms with Crippen molar-refractivity contribution in [3.8, 4) is 0 Å². The topological polar surface area (TPSA) is 90.5 Å². The molecule has 2 aromatic heterocycles. The number of para-hydroxylation sites is 2. The van der Waals surface area contributed by atoms with Crippen LogP contribution in [-0.2, 0) is 0 Å². The molecule has 0 spiro atoms. The molecule has 3 aromatic carbocycles. The van der Waals surface area contributed by atoms with Crippen LogP contribution in [0.25, 0.3) is 21.8 Å². The average Bonchev–Trinajstić information content (AvgIpc) is 3.19. The fourth-order valence-electron chi connectivity index (χ4n) is 9.97. The Balaban J connectivity index is 1.12. The number of piperidine rings is 6. The molecule has 5 aromatic rings. The lowest BCUT2D eigenvalue weighted by atomic mass is 9.72. The third kappa shape index (κ3) is 5.11. The van der Waals surface area contributed by atoms with E-state index in [4.69, 9.17) is 0 Å². The molecule has 6 fully saturated rings. The predicted octanol–water partition coefficient (Wildman–Crippen LogP) is 6.48. The van der Waals surface area contributed by atoms with Crippen LogP contribution in [0.4, 0.5) is 11.4 Å².